The summed E-state index contributed by atoms with van der Waals surface area (Å²) in [5.41, 5.74) is 8.51. The zero-order valence-electron chi connectivity index (χ0n) is 21.0. The molecule has 3 heterocycles. The van der Waals surface area contributed by atoms with Crippen molar-refractivity contribution in [1.29, 1.82) is 0 Å². The molecule has 0 saturated carbocycles. The summed E-state index contributed by atoms with van der Waals surface area (Å²) in [4.78, 5) is 10.6. The molecule has 4 heteroatoms. The van der Waals surface area contributed by atoms with E-state index in [2.05, 4.69) is 62.3 Å². The van der Waals surface area contributed by atoms with Crippen LogP contribution in [0.1, 0.15) is 54.2 Å². The number of benzene rings is 2. The number of fused-ring (bicyclic) bond motifs is 3. The van der Waals surface area contributed by atoms with Gasteiger partial charge in [0.25, 0.3) is 0 Å². The Labute approximate surface area is 232 Å². The Hall–Kier alpha value is -2.65. The van der Waals surface area contributed by atoms with Gasteiger partial charge in [-0.1, -0.05) is 43.0 Å². The van der Waals surface area contributed by atoms with Gasteiger partial charge in [-0.25, -0.2) is 0 Å². The Morgan fingerprint density at radius 3 is 2.44 bits per heavy atom. The zero-order valence-corrected chi connectivity index (χ0v) is 24.2. The van der Waals surface area contributed by atoms with Crippen molar-refractivity contribution in [2.75, 3.05) is 0 Å². The first-order valence-corrected chi connectivity index (χ1v) is 13.2. The molecule has 0 spiro atoms. The fourth-order valence-electron chi connectivity index (χ4n) is 4.80. The van der Waals surface area contributed by atoms with Crippen LogP contribution in [0.4, 0.5) is 0 Å². The molecule has 1 aliphatic carbocycles. The van der Waals surface area contributed by atoms with E-state index in [0.717, 1.165) is 17.0 Å². The molecule has 5 aromatic rings. The second-order valence-electron chi connectivity index (χ2n) is 9.38. The first-order valence-electron chi connectivity index (χ1n) is 12.4. The Morgan fingerprint density at radius 1 is 0.889 bits per heavy atom. The van der Waals surface area contributed by atoms with E-state index in [4.69, 9.17) is 4.98 Å². The maximum Gasteiger partial charge on any atom is 0.0198 e. The number of thiophene rings is 1. The summed E-state index contributed by atoms with van der Waals surface area (Å²) in [6.45, 7) is 6.65. The van der Waals surface area contributed by atoms with Crippen LogP contribution in [0.2, 0.25) is 0 Å². The Balaban J connectivity index is 0.000000198. The van der Waals surface area contributed by atoms with Crippen LogP contribution in [-0.4, -0.2) is 9.97 Å². The Bertz CT molecular complexity index is 1390. The first kappa shape index (κ1) is 26.4. The van der Waals surface area contributed by atoms with Crippen molar-refractivity contribution < 1.29 is 20.1 Å². The molecule has 6 rings (SSSR count). The molecule has 0 unspecified atom stereocenters. The van der Waals surface area contributed by atoms with Crippen LogP contribution in [-0.2, 0) is 32.9 Å². The van der Waals surface area contributed by atoms with Gasteiger partial charge in [-0.05, 0) is 76.7 Å². The topological polar surface area (TPSA) is 25.8 Å². The predicted molar refractivity (Wildman–Crippen MR) is 148 cm³/mol. The van der Waals surface area contributed by atoms with E-state index in [0.29, 0.717) is 5.92 Å². The van der Waals surface area contributed by atoms with E-state index in [-0.39, 0.29) is 20.1 Å². The maximum atomic E-state index is 4.76. The summed E-state index contributed by atoms with van der Waals surface area (Å²) in [5.74, 6) is 0.519. The van der Waals surface area contributed by atoms with Crippen LogP contribution in [0.15, 0.2) is 73.1 Å². The number of pyridine rings is 2. The van der Waals surface area contributed by atoms with E-state index < -0.39 is 0 Å². The van der Waals surface area contributed by atoms with Gasteiger partial charge in [-0.3, -0.25) is 0 Å². The van der Waals surface area contributed by atoms with Crippen molar-refractivity contribution in [3.05, 3.63) is 107 Å². The molecular weight excluding hydrogens is 637 g/mol. The third-order valence-electron chi connectivity index (χ3n) is 6.60. The number of nitrogens with zero attached hydrogens (tertiary/aromatic N) is 2. The van der Waals surface area contributed by atoms with Gasteiger partial charge in [0.05, 0.1) is 0 Å². The zero-order chi connectivity index (χ0) is 24.2. The molecule has 36 heavy (non-hydrogen) atoms. The SMILES string of the molecule is Cc1cc(-c2[c-]ccc3c4c(sc23)CCCC4)ncc1C(C)C.[Ir].[c-]1ccccc1-c1ccccn1. The number of hydrogen-bond donors (Lipinski definition) is 0. The number of aryl methyl sites for hydroxylation is 3. The first-order chi connectivity index (χ1) is 17.1. The van der Waals surface area contributed by atoms with Gasteiger partial charge in [0, 0.05) is 32.5 Å². The van der Waals surface area contributed by atoms with Crippen LogP contribution < -0.4 is 0 Å². The summed E-state index contributed by atoms with van der Waals surface area (Å²) in [7, 11) is 0. The quantitative estimate of drug-likeness (QED) is 0.180. The minimum atomic E-state index is 0. The van der Waals surface area contributed by atoms with Crippen molar-refractivity contribution in [2.24, 2.45) is 0 Å². The van der Waals surface area contributed by atoms with Crippen molar-refractivity contribution >= 4 is 21.4 Å². The normalized spacial score (nSPS) is 12.4. The molecule has 0 bridgehead atoms. The van der Waals surface area contributed by atoms with E-state index >= 15 is 0 Å². The van der Waals surface area contributed by atoms with Gasteiger partial charge in [-0.2, -0.15) is 11.3 Å². The average molecular weight is 667 g/mol. The van der Waals surface area contributed by atoms with Crippen molar-refractivity contribution in [1.82, 2.24) is 9.97 Å². The van der Waals surface area contributed by atoms with Gasteiger partial charge in [0.2, 0.25) is 0 Å². The summed E-state index contributed by atoms with van der Waals surface area (Å²) in [5, 5.41) is 1.44. The molecule has 0 aliphatic heterocycles. The summed E-state index contributed by atoms with van der Waals surface area (Å²) >= 11 is 1.97. The molecule has 0 atom stereocenters. The minimum Gasteiger partial charge on any atom is -0.305 e. The molecule has 2 nitrogen and oxygen atoms in total. The van der Waals surface area contributed by atoms with Crippen LogP contribution in [0, 0.1) is 19.1 Å². The Kier molecular flexibility index (Phi) is 8.85. The van der Waals surface area contributed by atoms with Crippen LogP contribution in [0.25, 0.3) is 32.6 Å². The second kappa shape index (κ2) is 12.1. The van der Waals surface area contributed by atoms with Crippen LogP contribution in [0.5, 0.6) is 0 Å². The van der Waals surface area contributed by atoms with Gasteiger partial charge in [0.15, 0.2) is 0 Å². The van der Waals surface area contributed by atoms with Gasteiger partial charge in [0.1, 0.15) is 0 Å². The Morgan fingerprint density at radius 2 is 1.72 bits per heavy atom. The van der Waals surface area contributed by atoms with Crippen molar-refractivity contribution in [3.63, 3.8) is 0 Å². The largest absolute Gasteiger partial charge is 0.305 e. The monoisotopic (exact) mass is 667 g/mol. The van der Waals surface area contributed by atoms with Crippen LogP contribution in [0.3, 0.4) is 0 Å². The standard InChI is InChI=1S/C21H22NS.C11H8N.Ir/c1-13(2)18-12-22-19(11-14(18)3)17-9-6-8-16-15-7-4-5-10-20(15)23-21(16)17;1-2-6-10(7-3-1)11-8-4-5-9-12-11;/h6,8,11-13H,4-5,7,10H2,1-3H3;1-6,8-9H;/q2*-1;. The molecule has 3 aromatic heterocycles. The third kappa shape index (κ3) is 5.67. The molecule has 0 saturated heterocycles. The fourth-order valence-corrected chi connectivity index (χ4v) is 6.19. The van der Waals surface area contributed by atoms with E-state index in [9.17, 15) is 0 Å². The molecule has 1 aliphatic rings. The summed E-state index contributed by atoms with van der Waals surface area (Å²) in [6.07, 6.45) is 8.97. The van der Waals surface area contributed by atoms with E-state index in [1.165, 1.54) is 52.5 Å². The third-order valence-corrected chi connectivity index (χ3v) is 7.92. The van der Waals surface area contributed by atoms with Crippen molar-refractivity contribution in [3.8, 4) is 22.5 Å². The average Bonchev–Trinajstić information content (AvgIpc) is 3.29. The maximum absolute atomic E-state index is 4.76. The smallest absolute Gasteiger partial charge is 0.0198 e. The molecule has 0 fully saturated rings. The summed E-state index contributed by atoms with van der Waals surface area (Å²) < 4.78 is 1.38. The molecule has 1 radical (unpaired) electrons. The molecule has 0 N–H and O–H groups in total. The molecule has 0 amide bonds. The van der Waals surface area contributed by atoms with Gasteiger partial charge < -0.3 is 9.97 Å². The van der Waals surface area contributed by atoms with E-state index in [1.807, 2.05) is 53.8 Å². The molecule has 185 valence electrons. The predicted octanol–water partition coefficient (Wildman–Crippen LogP) is 8.62. The molecular formula is C32H30IrN2S-2. The van der Waals surface area contributed by atoms with Gasteiger partial charge >= 0.3 is 0 Å². The fraction of sp³-hybridized carbons (Fsp3) is 0.250. The number of rotatable bonds is 3. The number of aromatic nitrogens is 2. The minimum absolute atomic E-state index is 0. The van der Waals surface area contributed by atoms with E-state index in [1.54, 1.807) is 16.6 Å². The van der Waals surface area contributed by atoms with Crippen LogP contribution >= 0.6 is 11.3 Å². The van der Waals surface area contributed by atoms with Crippen molar-refractivity contribution in [2.45, 2.75) is 52.4 Å². The van der Waals surface area contributed by atoms with Gasteiger partial charge in [-0.15, -0.1) is 59.7 Å². The molecule has 2 aromatic carbocycles. The number of hydrogen-bond acceptors (Lipinski definition) is 3. The summed E-state index contributed by atoms with van der Waals surface area (Å²) in [6, 6.07) is 26.8. The second-order valence-corrected chi connectivity index (χ2v) is 10.5.